The van der Waals surface area contributed by atoms with Gasteiger partial charge in [0.2, 0.25) is 10.0 Å². The van der Waals surface area contributed by atoms with E-state index in [0.29, 0.717) is 5.69 Å². The lowest BCUT2D eigenvalue weighted by Gasteiger charge is -2.13. The van der Waals surface area contributed by atoms with Crippen molar-refractivity contribution in [2.24, 2.45) is 4.40 Å². The Hall–Kier alpha value is -1.61. The maximum Gasteiger partial charge on any atom is 0.285 e. The van der Waals surface area contributed by atoms with Crippen molar-refractivity contribution in [3.8, 4) is 0 Å². The molecule has 0 aromatic heterocycles. The average Bonchev–Trinajstić information content (AvgIpc) is 2.16. The molecule has 0 spiro atoms. The normalized spacial score (nSPS) is 17.0. The number of anilines is 2. The summed E-state index contributed by atoms with van der Waals surface area (Å²) in [6.45, 7) is 0. The van der Waals surface area contributed by atoms with E-state index in [-0.39, 0.29) is 10.6 Å². The van der Waals surface area contributed by atoms with Crippen molar-refractivity contribution in [1.29, 1.82) is 0 Å². The van der Waals surface area contributed by atoms with Crippen LogP contribution >= 0.6 is 0 Å². The van der Waals surface area contributed by atoms with Gasteiger partial charge in [0, 0.05) is 5.69 Å². The van der Waals surface area contributed by atoms with Crippen LogP contribution in [0.2, 0.25) is 0 Å². The van der Waals surface area contributed by atoms with Crippen LogP contribution < -0.4 is 10.0 Å². The van der Waals surface area contributed by atoms with Gasteiger partial charge in [-0.25, -0.2) is 8.42 Å². The highest BCUT2D eigenvalue weighted by molar-refractivity contribution is 7.92. The second kappa shape index (κ2) is 3.70. The minimum atomic E-state index is -3.75. The molecule has 0 fully saturated rings. The van der Waals surface area contributed by atoms with Gasteiger partial charge in [-0.3, -0.25) is 4.72 Å². The summed E-state index contributed by atoms with van der Waals surface area (Å²) in [6.07, 6.45) is 2.05. The molecule has 1 aromatic carbocycles. The highest BCUT2D eigenvalue weighted by atomic mass is 32.2. The third-order valence-corrected chi connectivity index (χ3v) is 3.86. The fourth-order valence-corrected chi connectivity index (χ4v) is 2.90. The molecule has 0 bridgehead atoms. The van der Waals surface area contributed by atoms with Crippen molar-refractivity contribution < 1.29 is 16.8 Å². The Labute approximate surface area is 98.7 Å². The number of nitrogens with zero attached hydrogens (tertiary/aromatic N) is 1. The van der Waals surface area contributed by atoms with Gasteiger partial charge in [0.1, 0.15) is 11.2 Å². The summed E-state index contributed by atoms with van der Waals surface area (Å²) in [4.78, 5) is -0.0614. The molecule has 0 unspecified atom stereocenters. The smallest absolute Gasteiger partial charge is 0.285 e. The number of fused-ring (bicyclic) bond motifs is 1. The SMILES string of the molecule is CS(=O)(=O)Nc1ccc2c(c1)S(=O)(=O)N=CN2. The first-order valence-electron chi connectivity index (χ1n) is 4.45. The minimum absolute atomic E-state index is 0.0614. The van der Waals surface area contributed by atoms with Gasteiger partial charge in [-0.2, -0.15) is 8.42 Å². The third-order valence-electron chi connectivity index (χ3n) is 1.97. The lowest BCUT2D eigenvalue weighted by atomic mass is 10.3. The van der Waals surface area contributed by atoms with Crippen LogP contribution in [-0.4, -0.2) is 29.4 Å². The van der Waals surface area contributed by atoms with Gasteiger partial charge in [0.15, 0.2) is 0 Å². The number of hydrogen-bond acceptors (Lipinski definition) is 5. The Morgan fingerprint density at radius 1 is 1.35 bits per heavy atom. The summed E-state index contributed by atoms with van der Waals surface area (Å²) >= 11 is 0. The fraction of sp³-hybridized carbons (Fsp3) is 0.125. The van der Waals surface area contributed by atoms with E-state index in [0.717, 1.165) is 12.6 Å². The van der Waals surface area contributed by atoms with Gasteiger partial charge in [-0.15, -0.1) is 4.40 Å². The molecular formula is C8H9N3O4S2. The van der Waals surface area contributed by atoms with Crippen LogP contribution in [0.15, 0.2) is 27.5 Å². The van der Waals surface area contributed by atoms with Crippen molar-refractivity contribution in [1.82, 2.24) is 0 Å². The molecule has 0 saturated heterocycles. The zero-order chi connectivity index (χ0) is 12.7. The van der Waals surface area contributed by atoms with Crippen molar-refractivity contribution in [2.45, 2.75) is 4.90 Å². The highest BCUT2D eigenvalue weighted by Gasteiger charge is 2.21. The molecule has 0 aliphatic carbocycles. The Morgan fingerprint density at radius 2 is 2.06 bits per heavy atom. The van der Waals surface area contributed by atoms with Crippen molar-refractivity contribution in [2.75, 3.05) is 16.3 Å². The van der Waals surface area contributed by atoms with E-state index in [9.17, 15) is 16.8 Å². The lowest BCUT2D eigenvalue weighted by molar-refractivity contribution is 0.597. The number of rotatable bonds is 2. The number of benzene rings is 1. The Morgan fingerprint density at radius 3 is 2.71 bits per heavy atom. The highest BCUT2D eigenvalue weighted by Crippen LogP contribution is 2.28. The summed E-state index contributed by atoms with van der Waals surface area (Å²) in [7, 11) is -7.19. The third kappa shape index (κ3) is 2.56. The molecule has 1 aromatic rings. The fourth-order valence-electron chi connectivity index (χ4n) is 1.35. The molecule has 9 heteroatoms. The second-order valence-electron chi connectivity index (χ2n) is 3.44. The molecule has 2 rings (SSSR count). The summed E-state index contributed by atoms with van der Waals surface area (Å²) in [5.74, 6) is 0. The van der Waals surface area contributed by atoms with Crippen molar-refractivity contribution in [3.63, 3.8) is 0 Å². The van der Waals surface area contributed by atoms with Crippen LogP contribution in [-0.2, 0) is 20.0 Å². The Balaban J connectivity index is 2.52. The molecule has 1 aliphatic rings. The monoisotopic (exact) mass is 275 g/mol. The summed E-state index contributed by atoms with van der Waals surface area (Å²) in [6, 6.07) is 4.14. The maximum atomic E-state index is 11.6. The first-order chi connectivity index (χ1) is 7.78. The van der Waals surface area contributed by atoms with Crippen LogP contribution in [0.4, 0.5) is 11.4 Å². The Kier molecular flexibility index (Phi) is 2.59. The standard InChI is InChI=1S/C8H9N3O4S2/c1-16(12,13)11-6-2-3-7-8(4-6)17(14,15)10-5-9-7/h2-5,11H,1H3,(H,9,10). The van der Waals surface area contributed by atoms with Gasteiger partial charge in [-0.1, -0.05) is 0 Å². The summed E-state index contributed by atoms with van der Waals surface area (Å²) < 4.78 is 50.7. The van der Waals surface area contributed by atoms with E-state index in [2.05, 4.69) is 14.4 Å². The van der Waals surface area contributed by atoms with E-state index < -0.39 is 20.0 Å². The largest absolute Gasteiger partial charge is 0.345 e. The predicted molar refractivity (Wildman–Crippen MR) is 64.2 cm³/mol. The molecule has 2 N–H and O–H groups in total. The number of sulfonamides is 2. The zero-order valence-electron chi connectivity index (χ0n) is 8.71. The maximum absolute atomic E-state index is 11.6. The quantitative estimate of drug-likeness (QED) is 0.802. The first kappa shape index (κ1) is 11.9. The molecule has 0 saturated carbocycles. The second-order valence-corrected chi connectivity index (χ2v) is 6.79. The number of hydrogen-bond donors (Lipinski definition) is 2. The molecule has 17 heavy (non-hydrogen) atoms. The van der Waals surface area contributed by atoms with Gasteiger partial charge in [0.25, 0.3) is 10.0 Å². The van der Waals surface area contributed by atoms with Crippen LogP contribution in [0.25, 0.3) is 0 Å². The summed E-state index contributed by atoms with van der Waals surface area (Å²) in [5, 5.41) is 2.66. The van der Waals surface area contributed by atoms with Crippen LogP contribution in [0.3, 0.4) is 0 Å². The molecule has 0 radical (unpaired) electrons. The van der Waals surface area contributed by atoms with Crippen molar-refractivity contribution in [3.05, 3.63) is 18.2 Å². The van der Waals surface area contributed by atoms with Gasteiger partial charge in [-0.05, 0) is 18.2 Å². The minimum Gasteiger partial charge on any atom is -0.345 e. The van der Waals surface area contributed by atoms with Crippen LogP contribution in [0.1, 0.15) is 0 Å². The van der Waals surface area contributed by atoms with Gasteiger partial charge >= 0.3 is 0 Å². The predicted octanol–water partition coefficient (Wildman–Crippen LogP) is 0.201. The van der Waals surface area contributed by atoms with E-state index in [1.54, 1.807) is 0 Å². The summed E-state index contributed by atoms with van der Waals surface area (Å²) in [5.41, 5.74) is 0.535. The zero-order valence-corrected chi connectivity index (χ0v) is 10.3. The lowest BCUT2D eigenvalue weighted by Crippen LogP contribution is -2.14. The Bertz CT molecular complexity index is 691. The van der Waals surface area contributed by atoms with Crippen LogP contribution in [0, 0.1) is 0 Å². The first-order valence-corrected chi connectivity index (χ1v) is 7.78. The van der Waals surface area contributed by atoms with E-state index >= 15 is 0 Å². The van der Waals surface area contributed by atoms with E-state index in [4.69, 9.17) is 0 Å². The molecule has 0 amide bonds. The molecule has 1 heterocycles. The van der Waals surface area contributed by atoms with E-state index in [1.807, 2.05) is 0 Å². The average molecular weight is 275 g/mol. The number of nitrogens with one attached hydrogen (secondary N) is 2. The molecule has 7 nitrogen and oxygen atoms in total. The molecule has 92 valence electrons. The van der Waals surface area contributed by atoms with Gasteiger partial charge < -0.3 is 5.32 Å². The van der Waals surface area contributed by atoms with Gasteiger partial charge in [0.05, 0.1) is 11.9 Å². The topological polar surface area (TPSA) is 105 Å². The molecular weight excluding hydrogens is 266 g/mol. The van der Waals surface area contributed by atoms with E-state index in [1.165, 1.54) is 18.2 Å². The molecule has 0 atom stereocenters. The molecule has 1 aliphatic heterocycles. The van der Waals surface area contributed by atoms with Crippen molar-refractivity contribution >= 4 is 37.8 Å². The van der Waals surface area contributed by atoms with Crippen LogP contribution in [0.5, 0.6) is 0 Å².